The molecule has 0 unspecified atom stereocenters. The minimum atomic E-state index is 0.266. The Morgan fingerprint density at radius 2 is 2.29 bits per heavy atom. The van der Waals surface area contributed by atoms with Gasteiger partial charge >= 0.3 is 0 Å². The van der Waals surface area contributed by atoms with Crippen LogP contribution in [0.15, 0.2) is 0 Å². The number of likely N-dealkylation sites (N-methyl/N-ethyl adjacent to an activating group) is 1. The molecule has 0 fully saturated rings. The van der Waals surface area contributed by atoms with E-state index in [0.717, 1.165) is 0 Å². The number of ketones is 1. The molecule has 2 nitrogen and oxygen atoms in total. The number of Topliss-reactive ketones (excluding diaryl/α,β-unsaturated/α-hetero) is 1. The summed E-state index contributed by atoms with van der Waals surface area (Å²) in [7, 11) is 1.77. The van der Waals surface area contributed by atoms with Crippen LogP contribution in [0.1, 0.15) is 13.3 Å². The predicted octanol–water partition coefficient (Wildman–Crippen LogP) is 0.185. The molecule has 7 heavy (non-hydrogen) atoms. The number of carbonyl (C=O) groups is 1. The van der Waals surface area contributed by atoms with E-state index >= 15 is 0 Å². The first-order valence-corrected chi connectivity index (χ1v) is 2.47. The molecule has 0 aromatic carbocycles. The van der Waals surface area contributed by atoms with E-state index in [4.69, 9.17) is 0 Å². The minimum Gasteiger partial charge on any atom is -0.313 e. The van der Waals surface area contributed by atoms with E-state index in [9.17, 15) is 4.79 Å². The molecule has 0 bridgehead atoms. The van der Waals surface area contributed by atoms with Gasteiger partial charge in [0.05, 0.1) is 6.54 Å². The van der Waals surface area contributed by atoms with Crippen molar-refractivity contribution < 1.29 is 4.79 Å². The summed E-state index contributed by atoms with van der Waals surface area (Å²) in [6.07, 6.45) is 0.640. The Bertz CT molecular complexity index is 61.1. The molecule has 42 valence electrons. The smallest absolute Gasteiger partial charge is 0.146 e. The third kappa shape index (κ3) is 3.46. The molecule has 0 atom stereocenters. The normalized spacial score (nSPS) is 8.86. The second kappa shape index (κ2) is 3.81. The lowest BCUT2D eigenvalue weighted by molar-refractivity contribution is -0.117. The second-order valence-corrected chi connectivity index (χ2v) is 1.42. The SMILES string of the molecule is CCC(=O)CNC. The fourth-order valence-corrected chi connectivity index (χ4v) is 0.322. The molecule has 0 rings (SSSR count). The van der Waals surface area contributed by atoms with Crippen LogP contribution in [0, 0.1) is 0 Å². The van der Waals surface area contributed by atoms with Crippen LogP contribution in [0.3, 0.4) is 0 Å². The molecule has 0 aromatic rings. The third-order valence-corrected chi connectivity index (χ3v) is 0.768. The summed E-state index contributed by atoms with van der Waals surface area (Å²) in [5.74, 6) is 0.266. The highest BCUT2D eigenvalue weighted by atomic mass is 16.1. The Labute approximate surface area is 43.9 Å². The third-order valence-electron chi connectivity index (χ3n) is 0.768. The second-order valence-electron chi connectivity index (χ2n) is 1.42. The zero-order valence-electron chi connectivity index (χ0n) is 4.82. The summed E-state index contributed by atoms with van der Waals surface area (Å²) >= 11 is 0. The van der Waals surface area contributed by atoms with Crippen molar-refractivity contribution in [1.82, 2.24) is 5.32 Å². The molecule has 0 aromatic heterocycles. The number of rotatable bonds is 3. The maximum absolute atomic E-state index is 10.3. The van der Waals surface area contributed by atoms with Gasteiger partial charge in [-0.15, -0.1) is 0 Å². The van der Waals surface area contributed by atoms with Gasteiger partial charge in [0.15, 0.2) is 0 Å². The highest BCUT2D eigenvalue weighted by molar-refractivity contribution is 5.79. The van der Waals surface area contributed by atoms with Crippen LogP contribution in [0.25, 0.3) is 0 Å². The van der Waals surface area contributed by atoms with Gasteiger partial charge in [-0.25, -0.2) is 0 Å². The van der Waals surface area contributed by atoms with Gasteiger partial charge in [-0.1, -0.05) is 6.92 Å². The molecule has 0 aliphatic carbocycles. The van der Waals surface area contributed by atoms with Crippen molar-refractivity contribution >= 4 is 5.78 Å². The lowest BCUT2D eigenvalue weighted by Gasteiger charge is -1.90. The van der Waals surface area contributed by atoms with Gasteiger partial charge in [-0.05, 0) is 7.05 Å². The van der Waals surface area contributed by atoms with Gasteiger partial charge in [-0.2, -0.15) is 0 Å². The topological polar surface area (TPSA) is 29.1 Å². The Balaban J connectivity index is 3.00. The van der Waals surface area contributed by atoms with Gasteiger partial charge in [0.1, 0.15) is 5.78 Å². The van der Waals surface area contributed by atoms with Crippen molar-refractivity contribution in [2.45, 2.75) is 13.3 Å². The van der Waals surface area contributed by atoms with E-state index in [0.29, 0.717) is 13.0 Å². The standard InChI is InChI=1S/C5H11NO/c1-3-5(7)4-6-2/h6H,3-4H2,1-2H3. The highest BCUT2D eigenvalue weighted by Gasteiger charge is 1.90. The lowest BCUT2D eigenvalue weighted by atomic mass is 10.3. The number of hydrogen-bond donors (Lipinski definition) is 1. The fraction of sp³-hybridized carbons (Fsp3) is 0.800. The molecule has 1 N–H and O–H groups in total. The summed E-state index contributed by atoms with van der Waals surface area (Å²) in [6, 6.07) is 0. The van der Waals surface area contributed by atoms with Gasteiger partial charge in [0, 0.05) is 6.42 Å². The maximum atomic E-state index is 10.3. The largest absolute Gasteiger partial charge is 0.313 e. The first-order valence-electron chi connectivity index (χ1n) is 2.47. The van der Waals surface area contributed by atoms with E-state index in [-0.39, 0.29) is 5.78 Å². The Hall–Kier alpha value is -0.370. The van der Waals surface area contributed by atoms with Gasteiger partial charge in [-0.3, -0.25) is 4.79 Å². The summed E-state index contributed by atoms with van der Waals surface area (Å²) in [4.78, 5) is 10.3. The van der Waals surface area contributed by atoms with Crippen molar-refractivity contribution in [1.29, 1.82) is 0 Å². The van der Waals surface area contributed by atoms with Crippen LogP contribution in [0.5, 0.6) is 0 Å². The molecule has 0 radical (unpaired) electrons. The fourth-order valence-electron chi connectivity index (χ4n) is 0.322. The Kier molecular flexibility index (Phi) is 3.61. The first-order chi connectivity index (χ1) is 3.31. The van der Waals surface area contributed by atoms with Gasteiger partial charge < -0.3 is 5.32 Å². The van der Waals surface area contributed by atoms with E-state index in [2.05, 4.69) is 5.32 Å². The van der Waals surface area contributed by atoms with E-state index in [1.165, 1.54) is 0 Å². The summed E-state index contributed by atoms with van der Waals surface area (Å²) in [5, 5.41) is 2.77. The molecule has 0 spiro atoms. The zero-order chi connectivity index (χ0) is 5.70. The van der Waals surface area contributed by atoms with Crippen LogP contribution < -0.4 is 5.32 Å². The number of carbonyl (C=O) groups excluding carboxylic acids is 1. The molecule has 0 amide bonds. The lowest BCUT2D eigenvalue weighted by Crippen LogP contribution is -2.16. The molecule has 2 heteroatoms. The Morgan fingerprint density at radius 1 is 1.71 bits per heavy atom. The van der Waals surface area contributed by atoms with Crippen molar-refractivity contribution in [3.05, 3.63) is 0 Å². The maximum Gasteiger partial charge on any atom is 0.146 e. The van der Waals surface area contributed by atoms with Crippen molar-refractivity contribution in [3.8, 4) is 0 Å². The average Bonchev–Trinajstić information content (AvgIpc) is 1.68. The van der Waals surface area contributed by atoms with Crippen LogP contribution in [-0.2, 0) is 4.79 Å². The highest BCUT2D eigenvalue weighted by Crippen LogP contribution is 1.74. The van der Waals surface area contributed by atoms with E-state index in [1.807, 2.05) is 6.92 Å². The van der Waals surface area contributed by atoms with E-state index in [1.54, 1.807) is 7.05 Å². The number of nitrogens with one attached hydrogen (secondary N) is 1. The van der Waals surface area contributed by atoms with Crippen LogP contribution >= 0.6 is 0 Å². The van der Waals surface area contributed by atoms with Crippen LogP contribution in [0.4, 0.5) is 0 Å². The molecule has 0 saturated heterocycles. The number of hydrogen-bond acceptors (Lipinski definition) is 2. The van der Waals surface area contributed by atoms with Crippen molar-refractivity contribution in [2.24, 2.45) is 0 Å². The van der Waals surface area contributed by atoms with Gasteiger partial charge in [0.2, 0.25) is 0 Å². The monoisotopic (exact) mass is 101 g/mol. The predicted molar refractivity (Wildman–Crippen MR) is 29.2 cm³/mol. The Morgan fingerprint density at radius 3 is 2.43 bits per heavy atom. The summed E-state index contributed by atoms with van der Waals surface area (Å²) in [5.41, 5.74) is 0. The molecular formula is C5H11NO. The summed E-state index contributed by atoms with van der Waals surface area (Å²) in [6.45, 7) is 2.37. The van der Waals surface area contributed by atoms with E-state index < -0.39 is 0 Å². The van der Waals surface area contributed by atoms with Crippen molar-refractivity contribution in [3.63, 3.8) is 0 Å². The van der Waals surface area contributed by atoms with Crippen LogP contribution in [0.2, 0.25) is 0 Å². The molecular weight excluding hydrogens is 90.1 g/mol. The van der Waals surface area contributed by atoms with Gasteiger partial charge in [0.25, 0.3) is 0 Å². The first kappa shape index (κ1) is 6.63. The summed E-state index contributed by atoms with van der Waals surface area (Å²) < 4.78 is 0. The average molecular weight is 101 g/mol. The molecule has 0 saturated carbocycles. The molecule has 0 heterocycles. The molecule has 0 aliphatic heterocycles. The zero-order valence-corrected chi connectivity index (χ0v) is 4.82. The minimum absolute atomic E-state index is 0.266. The van der Waals surface area contributed by atoms with Crippen LogP contribution in [-0.4, -0.2) is 19.4 Å². The molecule has 0 aliphatic rings. The quantitative estimate of drug-likeness (QED) is 0.549. The van der Waals surface area contributed by atoms with Crippen molar-refractivity contribution in [2.75, 3.05) is 13.6 Å².